The normalized spacial score (nSPS) is 20.4. The lowest BCUT2D eigenvalue weighted by Crippen LogP contribution is -2.45. The molecular formula is C14H26N4O. The minimum Gasteiger partial charge on any atom is -0.338 e. The summed E-state index contributed by atoms with van der Waals surface area (Å²) in [5, 5.41) is 7.52. The highest BCUT2D eigenvalue weighted by atomic mass is 16.5. The summed E-state index contributed by atoms with van der Waals surface area (Å²) in [7, 11) is 0. The van der Waals surface area contributed by atoms with Crippen LogP contribution in [-0.4, -0.2) is 40.7 Å². The fourth-order valence-corrected chi connectivity index (χ4v) is 2.62. The predicted octanol–water partition coefficient (Wildman–Crippen LogP) is 1.84. The molecule has 1 aliphatic rings. The molecule has 1 aromatic rings. The Balaban J connectivity index is 1.91. The summed E-state index contributed by atoms with van der Waals surface area (Å²) < 4.78 is 5.37. The molecule has 1 aliphatic heterocycles. The van der Waals surface area contributed by atoms with Crippen molar-refractivity contribution in [3.8, 4) is 0 Å². The van der Waals surface area contributed by atoms with Crippen molar-refractivity contribution < 1.29 is 4.52 Å². The van der Waals surface area contributed by atoms with Crippen LogP contribution < -0.4 is 5.32 Å². The molecule has 5 nitrogen and oxygen atoms in total. The van der Waals surface area contributed by atoms with Crippen molar-refractivity contribution in [2.45, 2.75) is 52.6 Å². The van der Waals surface area contributed by atoms with Crippen molar-refractivity contribution in [2.75, 3.05) is 19.6 Å². The molecular weight excluding hydrogens is 240 g/mol. The second kappa shape index (κ2) is 7.01. The number of rotatable bonds is 6. The first-order chi connectivity index (χ1) is 9.19. The first-order valence-electron chi connectivity index (χ1n) is 7.45. The highest BCUT2D eigenvalue weighted by Gasteiger charge is 2.21. The fourth-order valence-electron chi connectivity index (χ4n) is 2.62. The van der Waals surface area contributed by atoms with Crippen molar-refractivity contribution in [2.24, 2.45) is 5.92 Å². The van der Waals surface area contributed by atoms with E-state index >= 15 is 0 Å². The van der Waals surface area contributed by atoms with Gasteiger partial charge in [-0.25, -0.2) is 0 Å². The Morgan fingerprint density at radius 1 is 1.47 bits per heavy atom. The van der Waals surface area contributed by atoms with E-state index in [2.05, 4.69) is 41.1 Å². The summed E-state index contributed by atoms with van der Waals surface area (Å²) in [5.41, 5.74) is 0. The summed E-state index contributed by atoms with van der Waals surface area (Å²) in [5.74, 6) is 2.15. The third kappa shape index (κ3) is 4.28. The van der Waals surface area contributed by atoms with E-state index in [1.807, 2.05) is 0 Å². The van der Waals surface area contributed by atoms with E-state index in [0.717, 1.165) is 44.3 Å². The Bertz CT molecular complexity index is 371. The van der Waals surface area contributed by atoms with Crippen molar-refractivity contribution in [1.29, 1.82) is 0 Å². The first-order valence-corrected chi connectivity index (χ1v) is 7.45. The summed E-state index contributed by atoms with van der Waals surface area (Å²) in [6.07, 6.45) is 3.40. The lowest BCUT2D eigenvalue weighted by molar-refractivity contribution is 0.147. The van der Waals surface area contributed by atoms with Gasteiger partial charge in [0.15, 0.2) is 5.82 Å². The average molecular weight is 266 g/mol. The van der Waals surface area contributed by atoms with E-state index in [4.69, 9.17) is 4.52 Å². The highest BCUT2D eigenvalue weighted by Crippen LogP contribution is 2.14. The molecule has 1 aromatic heterocycles. The number of likely N-dealkylation sites (N-methyl/N-ethyl adjacent to an activating group) is 1. The van der Waals surface area contributed by atoms with E-state index in [1.165, 1.54) is 12.8 Å². The minimum absolute atomic E-state index is 0.565. The van der Waals surface area contributed by atoms with Gasteiger partial charge in [-0.3, -0.25) is 4.90 Å². The van der Waals surface area contributed by atoms with Gasteiger partial charge in [0, 0.05) is 19.0 Å². The van der Waals surface area contributed by atoms with Crippen LogP contribution in [0.1, 0.15) is 45.3 Å². The number of piperidine rings is 1. The maximum absolute atomic E-state index is 5.37. The van der Waals surface area contributed by atoms with E-state index in [-0.39, 0.29) is 0 Å². The number of hydrogen-bond donors (Lipinski definition) is 1. The van der Waals surface area contributed by atoms with Crippen LogP contribution in [0.5, 0.6) is 0 Å². The Labute approximate surface area is 115 Å². The summed E-state index contributed by atoms with van der Waals surface area (Å²) >= 11 is 0. The van der Waals surface area contributed by atoms with Gasteiger partial charge < -0.3 is 9.84 Å². The second-order valence-corrected chi connectivity index (χ2v) is 5.77. The summed E-state index contributed by atoms with van der Waals surface area (Å²) in [4.78, 5) is 6.92. The Morgan fingerprint density at radius 3 is 2.95 bits per heavy atom. The molecule has 0 radical (unpaired) electrons. The van der Waals surface area contributed by atoms with Crippen molar-refractivity contribution >= 4 is 0 Å². The van der Waals surface area contributed by atoms with Gasteiger partial charge in [-0.2, -0.15) is 4.98 Å². The topological polar surface area (TPSA) is 54.2 Å². The third-order valence-electron chi connectivity index (χ3n) is 3.63. The molecule has 2 heterocycles. The van der Waals surface area contributed by atoms with Crippen LogP contribution in [0.4, 0.5) is 0 Å². The van der Waals surface area contributed by atoms with Gasteiger partial charge in [0.2, 0.25) is 5.89 Å². The van der Waals surface area contributed by atoms with Crippen LogP contribution in [0, 0.1) is 5.92 Å². The molecule has 1 fully saturated rings. The Kier molecular flexibility index (Phi) is 5.34. The monoisotopic (exact) mass is 266 g/mol. The molecule has 108 valence electrons. The van der Waals surface area contributed by atoms with Crippen molar-refractivity contribution in [3.63, 3.8) is 0 Å². The largest absolute Gasteiger partial charge is 0.338 e. The van der Waals surface area contributed by atoms with Crippen LogP contribution >= 0.6 is 0 Å². The zero-order valence-electron chi connectivity index (χ0n) is 12.4. The molecule has 19 heavy (non-hydrogen) atoms. The molecule has 0 saturated carbocycles. The van der Waals surface area contributed by atoms with E-state index in [9.17, 15) is 0 Å². The van der Waals surface area contributed by atoms with Crippen LogP contribution in [0.2, 0.25) is 0 Å². The summed E-state index contributed by atoms with van der Waals surface area (Å²) in [6.45, 7) is 10.5. The van der Waals surface area contributed by atoms with Gasteiger partial charge in [0.05, 0.1) is 6.54 Å². The number of aromatic nitrogens is 2. The van der Waals surface area contributed by atoms with Gasteiger partial charge in [-0.15, -0.1) is 0 Å². The highest BCUT2D eigenvalue weighted by molar-refractivity contribution is 4.89. The molecule has 1 atom stereocenters. The van der Waals surface area contributed by atoms with Crippen LogP contribution in [0.25, 0.3) is 0 Å². The van der Waals surface area contributed by atoms with Gasteiger partial charge in [-0.05, 0) is 31.8 Å². The van der Waals surface area contributed by atoms with Gasteiger partial charge in [0.1, 0.15) is 0 Å². The molecule has 0 aliphatic carbocycles. The van der Waals surface area contributed by atoms with Gasteiger partial charge in [-0.1, -0.05) is 25.9 Å². The minimum atomic E-state index is 0.565. The quantitative estimate of drug-likeness (QED) is 0.851. The molecule has 1 unspecified atom stereocenters. The molecule has 1 N–H and O–H groups in total. The Hall–Kier alpha value is -0.940. The SMILES string of the molecule is CCN(Cc1nc(CC(C)C)no1)C1CCCNC1. The molecule has 0 bridgehead atoms. The van der Waals surface area contributed by atoms with Gasteiger partial charge >= 0.3 is 0 Å². The van der Waals surface area contributed by atoms with Crippen molar-refractivity contribution in [3.05, 3.63) is 11.7 Å². The zero-order chi connectivity index (χ0) is 13.7. The smallest absolute Gasteiger partial charge is 0.240 e. The van der Waals surface area contributed by atoms with E-state index < -0.39 is 0 Å². The summed E-state index contributed by atoms with van der Waals surface area (Å²) in [6, 6.07) is 0.596. The lowest BCUT2D eigenvalue weighted by Gasteiger charge is -2.32. The van der Waals surface area contributed by atoms with Gasteiger partial charge in [0.25, 0.3) is 0 Å². The predicted molar refractivity (Wildman–Crippen MR) is 74.8 cm³/mol. The number of nitrogens with zero attached hydrogens (tertiary/aromatic N) is 3. The standard InChI is InChI=1S/C14H26N4O/c1-4-18(12-6-5-7-15-9-12)10-14-16-13(17-19-14)8-11(2)3/h11-12,15H,4-10H2,1-3H3. The first kappa shape index (κ1) is 14.5. The molecule has 0 spiro atoms. The molecule has 2 rings (SSSR count). The number of hydrogen-bond acceptors (Lipinski definition) is 5. The van der Waals surface area contributed by atoms with E-state index in [0.29, 0.717) is 12.0 Å². The number of nitrogens with one attached hydrogen (secondary N) is 1. The maximum atomic E-state index is 5.37. The average Bonchev–Trinajstić information content (AvgIpc) is 2.83. The maximum Gasteiger partial charge on any atom is 0.240 e. The molecule has 0 amide bonds. The second-order valence-electron chi connectivity index (χ2n) is 5.77. The zero-order valence-corrected chi connectivity index (χ0v) is 12.4. The lowest BCUT2D eigenvalue weighted by atomic mass is 10.1. The van der Waals surface area contributed by atoms with E-state index in [1.54, 1.807) is 0 Å². The molecule has 1 saturated heterocycles. The molecule has 0 aromatic carbocycles. The Morgan fingerprint density at radius 2 is 2.32 bits per heavy atom. The van der Waals surface area contributed by atoms with Crippen LogP contribution in [-0.2, 0) is 13.0 Å². The fraction of sp³-hybridized carbons (Fsp3) is 0.857. The van der Waals surface area contributed by atoms with Crippen LogP contribution in [0.15, 0.2) is 4.52 Å². The third-order valence-corrected chi connectivity index (χ3v) is 3.63. The van der Waals surface area contributed by atoms with Crippen LogP contribution in [0.3, 0.4) is 0 Å². The molecule has 5 heteroatoms. The van der Waals surface area contributed by atoms with Crippen molar-refractivity contribution in [1.82, 2.24) is 20.4 Å².